The smallest absolute Gasteiger partial charge is 0.190 e. The molecule has 19 heavy (non-hydrogen) atoms. The highest BCUT2D eigenvalue weighted by molar-refractivity contribution is 6.15. The molecule has 0 radical (unpaired) electrons. The summed E-state index contributed by atoms with van der Waals surface area (Å²) < 4.78 is 13.7. The van der Waals surface area contributed by atoms with E-state index in [1.165, 1.54) is 19.1 Å². The normalized spacial score (nSPS) is 25.1. The first-order valence-corrected chi connectivity index (χ1v) is 6.42. The molecule has 96 valence electrons. The molecule has 0 saturated heterocycles. The van der Waals surface area contributed by atoms with Crippen LogP contribution < -0.4 is 0 Å². The third-order valence-electron chi connectivity index (χ3n) is 3.75. The van der Waals surface area contributed by atoms with Crippen molar-refractivity contribution < 1.29 is 9.18 Å². The molecule has 0 amide bonds. The van der Waals surface area contributed by atoms with E-state index in [9.17, 15) is 9.18 Å². The average Bonchev–Trinajstić information content (AvgIpc) is 2.68. The van der Waals surface area contributed by atoms with E-state index in [0.717, 1.165) is 27.8 Å². The van der Waals surface area contributed by atoms with Crippen LogP contribution in [-0.2, 0) is 6.42 Å². The highest BCUT2D eigenvalue weighted by Gasteiger charge is 2.29. The number of Topliss-reactive ketones (excluding diaryl/α,β-unsaturated/α-hetero) is 1. The zero-order valence-corrected chi connectivity index (χ0v) is 11.0. The molecule has 1 aromatic carbocycles. The SMILES string of the molecule is Cc1cccc2c1C(=O)C(=C1C=CC(C)(F)C=C1)C2. The average molecular weight is 254 g/mol. The van der Waals surface area contributed by atoms with Crippen LogP contribution in [-0.4, -0.2) is 11.5 Å². The Balaban J connectivity index is 2.06. The minimum Gasteiger partial charge on any atom is -0.289 e. The Morgan fingerprint density at radius 3 is 2.53 bits per heavy atom. The number of aryl methyl sites for hydroxylation is 1. The second kappa shape index (κ2) is 4.02. The maximum Gasteiger partial charge on any atom is 0.190 e. The Morgan fingerprint density at radius 1 is 1.21 bits per heavy atom. The Bertz CT molecular complexity index is 642. The van der Waals surface area contributed by atoms with Crippen molar-refractivity contribution >= 4 is 5.78 Å². The second-order valence-electron chi connectivity index (χ2n) is 5.37. The Morgan fingerprint density at radius 2 is 1.89 bits per heavy atom. The Hall–Kier alpha value is -1.96. The van der Waals surface area contributed by atoms with Gasteiger partial charge in [0.05, 0.1) is 0 Å². The highest BCUT2D eigenvalue weighted by atomic mass is 19.1. The van der Waals surface area contributed by atoms with E-state index in [1.807, 2.05) is 25.1 Å². The van der Waals surface area contributed by atoms with Crippen LogP contribution in [0.3, 0.4) is 0 Å². The zero-order valence-electron chi connectivity index (χ0n) is 11.0. The van der Waals surface area contributed by atoms with Gasteiger partial charge in [-0.1, -0.05) is 30.4 Å². The second-order valence-corrected chi connectivity index (χ2v) is 5.37. The molecular weight excluding hydrogens is 239 g/mol. The summed E-state index contributed by atoms with van der Waals surface area (Å²) in [6.45, 7) is 3.45. The molecule has 0 bridgehead atoms. The van der Waals surface area contributed by atoms with Gasteiger partial charge in [-0.3, -0.25) is 4.79 Å². The number of allylic oxidation sites excluding steroid dienone is 6. The first-order valence-electron chi connectivity index (χ1n) is 6.42. The van der Waals surface area contributed by atoms with Gasteiger partial charge >= 0.3 is 0 Å². The van der Waals surface area contributed by atoms with Crippen molar-refractivity contribution in [2.45, 2.75) is 25.9 Å². The first kappa shape index (κ1) is 12.1. The summed E-state index contributed by atoms with van der Waals surface area (Å²) in [5, 5.41) is 0. The number of halogens is 1. The van der Waals surface area contributed by atoms with E-state index in [1.54, 1.807) is 12.2 Å². The predicted molar refractivity (Wildman–Crippen MR) is 74.0 cm³/mol. The summed E-state index contributed by atoms with van der Waals surface area (Å²) in [6, 6.07) is 5.92. The molecule has 2 heteroatoms. The van der Waals surface area contributed by atoms with Gasteiger partial charge in [-0.25, -0.2) is 4.39 Å². The summed E-state index contributed by atoms with van der Waals surface area (Å²) in [5.41, 5.74) is 3.09. The van der Waals surface area contributed by atoms with Crippen molar-refractivity contribution in [3.05, 3.63) is 70.3 Å². The van der Waals surface area contributed by atoms with Crippen molar-refractivity contribution in [2.75, 3.05) is 0 Å². The van der Waals surface area contributed by atoms with Gasteiger partial charge in [-0.15, -0.1) is 0 Å². The van der Waals surface area contributed by atoms with Crippen LogP contribution in [0.25, 0.3) is 0 Å². The number of hydrogen-bond acceptors (Lipinski definition) is 1. The number of alkyl halides is 1. The lowest BCUT2D eigenvalue weighted by atomic mass is 9.94. The first-order chi connectivity index (χ1) is 8.98. The van der Waals surface area contributed by atoms with Gasteiger partial charge < -0.3 is 0 Å². The van der Waals surface area contributed by atoms with Gasteiger partial charge in [-0.2, -0.15) is 0 Å². The van der Waals surface area contributed by atoms with Crippen molar-refractivity contribution in [1.29, 1.82) is 0 Å². The summed E-state index contributed by atoms with van der Waals surface area (Å²) in [5.74, 6) is 0.0832. The quantitative estimate of drug-likeness (QED) is 0.642. The van der Waals surface area contributed by atoms with Crippen LogP contribution >= 0.6 is 0 Å². The van der Waals surface area contributed by atoms with Crippen molar-refractivity contribution in [1.82, 2.24) is 0 Å². The van der Waals surface area contributed by atoms with Gasteiger partial charge in [0.2, 0.25) is 0 Å². The Labute approximate surface area is 112 Å². The Kier molecular flexibility index (Phi) is 2.56. The van der Waals surface area contributed by atoms with Crippen molar-refractivity contribution in [3.8, 4) is 0 Å². The maximum atomic E-state index is 13.7. The lowest BCUT2D eigenvalue weighted by Gasteiger charge is -2.15. The van der Waals surface area contributed by atoms with Gasteiger partial charge in [0, 0.05) is 17.6 Å². The van der Waals surface area contributed by atoms with Crippen LogP contribution in [0.15, 0.2) is 53.6 Å². The summed E-state index contributed by atoms with van der Waals surface area (Å²) in [7, 11) is 0. The van der Waals surface area contributed by atoms with Crippen LogP contribution in [0.1, 0.15) is 28.4 Å². The van der Waals surface area contributed by atoms with E-state index in [2.05, 4.69) is 0 Å². The van der Waals surface area contributed by atoms with Gasteiger partial charge in [0.1, 0.15) is 5.67 Å². The molecular formula is C17H15FO. The topological polar surface area (TPSA) is 17.1 Å². The van der Waals surface area contributed by atoms with E-state index in [-0.39, 0.29) is 5.78 Å². The fourth-order valence-corrected chi connectivity index (χ4v) is 2.67. The molecule has 0 fully saturated rings. The van der Waals surface area contributed by atoms with Crippen LogP contribution in [0.4, 0.5) is 4.39 Å². The zero-order chi connectivity index (χ0) is 13.6. The standard InChI is InChI=1S/C17H15FO/c1-11-4-3-5-13-10-14(16(19)15(11)13)12-6-8-17(2,18)9-7-12/h3-9H,10H2,1-2H3. The van der Waals surface area contributed by atoms with Crippen LogP contribution in [0.5, 0.6) is 0 Å². The number of fused-ring (bicyclic) bond motifs is 1. The molecule has 2 aliphatic carbocycles. The number of carbonyl (C=O) groups excluding carboxylic acids is 1. The summed E-state index contributed by atoms with van der Waals surface area (Å²) in [4.78, 5) is 12.5. The van der Waals surface area contributed by atoms with Crippen LogP contribution in [0, 0.1) is 6.92 Å². The third kappa shape index (κ3) is 1.97. The van der Waals surface area contributed by atoms with Gasteiger partial charge in [0.25, 0.3) is 0 Å². The van der Waals surface area contributed by atoms with Gasteiger partial charge in [0.15, 0.2) is 5.78 Å². The molecule has 0 saturated carbocycles. The van der Waals surface area contributed by atoms with Crippen LogP contribution in [0.2, 0.25) is 0 Å². The van der Waals surface area contributed by atoms with Crippen molar-refractivity contribution in [2.24, 2.45) is 0 Å². The minimum absolute atomic E-state index is 0.0832. The van der Waals surface area contributed by atoms with Crippen molar-refractivity contribution in [3.63, 3.8) is 0 Å². The summed E-state index contributed by atoms with van der Waals surface area (Å²) in [6.07, 6.45) is 7.07. The predicted octanol–water partition coefficient (Wildman–Crippen LogP) is 3.88. The number of ketones is 1. The molecule has 0 atom stereocenters. The lowest BCUT2D eigenvalue weighted by molar-refractivity contribution is 0.103. The lowest BCUT2D eigenvalue weighted by Crippen LogP contribution is -2.13. The monoisotopic (exact) mass is 254 g/mol. The number of carbonyl (C=O) groups is 1. The largest absolute Gasteiger partial charge is 0.289 e. The molecule has 0 heterocycles. The number of benzene rings is 1. The highest BCUT2D eigenvalue weighted by Crippen LogP contribution is 2.33. The fraction of sp³-hybridized carbons (Fsp3) is 0.235. The molecule has 0 N–H and O–H groups in total. The molecule has 1 nitrogen and oxygen atoms in total. The minimum atomic E-state index is -1.41. The van der Waals surface area contributed by atoms with E-state index in [0.29, 0.717) is 6.42 Å². The van der Waals surface area contributed by atoms with E-state index in [4.69, 9.17) is 0 Å². The number of rotatable bonds is 0. The van der Waals surface area contributed by atoms with E-state index < -0.39 is 5.67 Å². The number of hydrogen-bond donors (Lipinski definition) is 0. The molecule has 2 aliphatic rings. The molecule has 0 aliphatic heterocycles. The molecule has 3 rings (SSSR count). The third-order valence-corrected chi connectivity index (χ3v) is 3.75. The molecule has 0 aromatic heterocycles. The van der Waals surface area contributed by atoms with Gasteiger partial charge in [-0.05, 0) is 42.7 Å². The summed E-state index contributed by atoms with van der Waals surface area (Å²) >= 11 is 0. The maximum absolute atomic E-state index is 13.7. The fourth-order valence-electron chi connectivity index (χ4n) is 2.67. The molecule has 0 unspecified atom stereocenters. The van der Waals surface area contributed by atoms with E-state index >= 15 is 0 Å². The molecule has 1 aromatic rings. The molecule has 0 spiro atoms.